The standard InChI is InChI=1S/C16H22FN3O.2ClH/c1-2-18-7-10-20-8-5-12(6-9-20)16-14-4-3-13(17)11-15(14)21-19-16;;/h3-4,11-12,18H,2,5-10H2,1H3;2*1H. The average Bonchev–Trinajstić information content (AvgIpc) is 2.91. The van der Waals surface area contributed by atoms with Gasteiger partial charge in [-0.15, -0.1) is 24.8 Å². The van der Waals surface area contributed by atoms with E-state index in [0.29, 0.717) is 11.5 Å². The Hall–Kier alpha value is -0.880. The number of aromatic nitrogens is 1. The van der Waals surface area contributed by atoms with E-state index in [1.807, 2.05) is 0 Å². The second-order valence-electron chi connectivity index (χ2n) is 5.68. The number of nitrogens with zero attached hydrogens (tertiary/aromatic N) is 2. The Morgan fingerprint density at radius 3 is 2.74 bits per heavy atom. The predicted octanol–water partition coefficient (Wildman–Crippen LogP) is 3.60. The lowest BCUT2D eigenvalue weighted by molar-refractivity contribution is 0.210. The number of piperidine rings is 1. The molecule has 1 aromatic heterocycles. The normalized spacial score (nSPS) is 16.1. The highest BCUT2D eigenvalue weighted by Gasteiger charge is 2.24. The van der Waals surface area contributed by atoms with Gasteiger partial charge in [-0.2, -0.15) is 0 Å². The predicted molar refractivity (Wildman–Crippen MR) is 95.4 cm³/mol. The molecular weight excluding hydrogens is 340 g/mol. The van der Waals surface area contributed by atoms with Crippen molar-refractivity contribution in [3.05, 3.63) is 29.7 Å². The summed E-state index contributed by atoms with van der Waals surface area (Å²) in [7, 11) is 0. The van der Waals surface area contributed by atoms with Crippen LogP contribution in [0.4, 0.5) is 4.39 Å². The zero-order valence-electron chi connectivity index (χ0n) is 13.3. The van der Waals surface area contributed by atoms with Crippen molar-refractivity contribution in [2.24, 2.45) is 0 Å². The number of hydrogen-bond donors (Lipinski definition) is 1. The number of hydrogen-bond acceptors (Lipinski definition) is 4. The first kappa shape index (κ1) is 20.2. The van der Waals surface area contributed by atoms with Crippen LogP contribution in [0.25, 0.3) is 11.0 Å². The molecule has 0 unspecified atom stereocenters. The molecule has 1 saturated heterocycles. The monoisotopic (exact) mass is 363 g/mol. The Balaban J connectivity index is 0.00000132. The first-order chi connectivity index (χ1) is 10.3. The van der Waals surface area contributed by atoms with Crippen LogP contribution in [0.3, 0.4) is 0 Å². The fourth-order valence-corrected chi connectivity index (χ4v) is 3.07. The van der Waals surface area contributed by atoms with Crippen LogP contribution >= 0.6 is 24.8 Å². The first-order valence-electron chi connectivity index (χ1n) is 7.76. The van der Waals surface area contributed by atoms with Crippen LogP contribution < -0.4 is 5.32 Å². The topological polar surface area (TPSA) is 41.3 Å². The van der Waals surface area contributed by atoms with Crippen molar-refractivity contribution in [3.63, 3.8) is 0 Å². The number of likely N-dealkylation sites (N-methyl/N-ethyl adjacent to an activating group) is 1. The second kappa shape index (κ2) is 9.42. The molecule has 0 saturated carbocycles. The quantitative estimate of drug-likeness (QED) is 0.824. The fourth-order valence-electron chi connectivity index (χ4n) is 3.07. The third kappa shape index (κ3) is 4.80. The van der Waals surface area contributed by atoms with Crippen LogP contribution in [0.1, 0.15) is 31.4 Å². The molecule has 1 aliphatic heterocycles. The Labute approximate surface area is 148 Å². The maximum atomic E-state index is 13.2. The zero-order chi connectivity index (χ0) is 14.7. The molecule has 0 bridgehead atoms. The van der Waals surface area contributed by atoms with Crippen molar-refractivity contribution < 1.29 is 8.91 Å². The molecule has 1 fully saturated rings. The van der Waals surface area contributed by atoms with Gasteiger partial charge in [0.1, 0.15) is 5.82 Å². The van der Waals surface area contributed by atoms with E-state index in [1.165, 1.54) is 12.1 Å². The summed E-state index contributed by atoms with van der Waals surface area (Å²) < 4.78 is 18.5. The largest absolute Gasteiger partial charge is 0.356 e. The molecule has 23 heavy (non-hydrogen) atoms. The SMILES string of the molecule is CCNCCN1CCC(c2noc3cc(F)ccc23)CC1.Cl.Cl. The number of rotatable bonds is 5. The molecule has 130 valence electrons. The van der Waals surface area contributed by atoms with Crippen molar-refractivity contribution in [1.82, 2.24) is 15.4 Å². The highest BCUT2D eigenvalue weighted by atomic mass is 35.5. The summed E-state index contributed by atoms with van der Waals surface area (Å²) in [6.07, 6.45) is 2.18. The van der Waals surface area contributed by atoms with E-state index in [9.17, 15) is 4.39 Å². The van der Waals surface area contributed by atoms with Gasteiger partial charge in [0.15, 0.2) is 5.58 Å². The fraction of sp³-hybridized carbons (Fsp3) is 0.562. The Bertz CT molecular complexity index is 600. The molecule has 0 radical (unpaired) electrons. The summed E-state index contributed by atoms with van der Waals surface area (Å²) in [5, 5.41) is 8.51. The van der Waals surface area contributed by atoms with Crippen LogP contribution in [0.2, 0.25) is 0 Å². The minimum Gasteiger partial charge on any atom is -0.356 e. The van der Waals surface area contributed by atoms with Gasteiger partial charge < -0.3 is 14.7 Å². The van der Waals surface area contributed by atoms with E-state index < -0.39 is 0 Å². The van der Waals surface area contributed by atoms with Crippen LogP contribution in [-0.2, 0) is 0 Å². The molecule has 1 N–H and O–H groups in total. The third-order valence-corrected chi connectivity index (χ3v) is 4.29. The van der Waals surface area contributed by atoms with Gasteiger partial charge in [0.2, 0.25) is 0 Å². The van der Waals surface area contributed by atoms with Gasteiger partial charge in [-0.25, -0.2) is 4.39 Å². The van der Waals surface area contributed by atoms with Crippen molar-refractivity contribution >= 4 is 35.8 Å². The minimum absolute atomic E-state index is 0. The highest BCUT2D eigenvalue weighted by molar-refractivity contribution is 5.85. The second-order valence-corrected chi connectivity index (χ2v) is 5.68. The summed E-state index contributed by atoms with van der Waals surface area (Å²) in [4.78, 5) is 2.49. The van der Waals surface area contributed by atoms with E-state index in [0.717, 1.165) is 56.6 Å². The maximum absolute atomic E-state index is 13.2. The Morgan fingerprint density at radius 2 is 2.04 bits per heavy atom. The van der Waals surface area contributed by atoms with Crippen LogP contribution in [-0.4, -0.2) is 42.8 Å². The van der Waals surface area contributed by atoms with E-state index in [2.05, 4.69) is 22.3 Å². The van der Waals surface area contributed by atoms with E-state index in [1.54, 1.807) is 6.07 Å². The number of likely N-dealkylation sites (tertiary alicyclic amines) is 1. The Kier molecular flexibility index (Phi) is 8.26. The smallest absolute Gasteiger partial charge is 0.170 e. The van der Waals surface area contributed by atoms with E-state index >= 15 is 0 Å². The summed E-state index contributed by atoms with van der Waals surface area (Å²) in [6.45, 7) is 7.48. The number of halogens is 3. The van der Waals surface area contributed by atoms with Gasteiger partial charge in [0.05, 0.1) is 5.69 Å². The lowest BCUT2D eigenvalue weighted by Crippen LogP contribution is -2.37. The third-order valence-electron chi connectivity index (χ3n) is 4.29. The van der Waals surface area contributed by atoms with E-state index in [-0.39, 0.29) is 30.6 Å². The van der Waals surface area contributed by atoms with Crippen molar-refractivity contribution in [3.8, 4) is 0 Å². The molecule has 2 aromatic rings. The summed E-state index contributed by atoms with van der Waals surface area (Å²) >= 11 is 0. The zero-order valence-corrected chi connectivity index (χ0v) is 14.9. The summed E-state index contributed by atoms with van der Waals surface area (Å²) in [5.41, 5.74) is 1.55. The molecule has 0 spiro atoms. The molecule has 0 aliphatic carbocycles. The summed E-state index contributed by atoms with van der Waals surface area (Å²) in [6, 6.07) is 4.68. The molecular formula is C16H24Cl2FN3O. The van der Waals surface area contributed by atoms with Gasteiger partial charge in [-0.3, -0.25) is 0 Å². The van der Waals surface area contributed by atoms with Crippen molar-refractivity contribution in [2.45, 2.75) is 25.7 Å². The van der Waals surface area contributed by atoms with Gasteiger partial charge in [0.25, 0.3) is 0 Å². The molecule has 3 rings (SSSR count). The van der Waals surface area contributed by atoms with Gasteiger partial charge in [0, 0.05) is 30.5 Å². The first-order valence-corrected chi connectivity index (χ1v) is 7.76. The molecule has 1 aliphatic rings. The number of fused-ring (bicyclic) bond motifs is 1. The van der Waals surface area contributed by atoms with Gasteiger partial charge in [-0.1, -0.05) is 12.1 Å². The molecule has 1 aromatic carbocycles. The van der Waals surface area contributed by atoms with Crippen LogP contribution in [0, 0.1) is 5.82 Å². The van der Waals surface area contributed by atoms with Crippen LogP contribution in [0.5, 0.6) is 0 Å². The van der Waals surface area contributed by atoms with Crippen LogP contribution in [0.15, 0.2) is 22.7 Å². The Morgan fingerprint density at radius 1 is 1.30 bits per heavy atom. The van der Waals surface area contributed by atoms with E-state index in [4.69, 9.17) is 4.52 Å². The lowest BCUT2D eigenvalue weighted by atomic mass is 9.91. The summed E-state index contributed by atoms with van der Waals surface area (Å²) in [5.74, 6) is 0.149. The minimum atomic E-state index is -0.275. The number of nitrogens with one attached hydrogen (secondary N) is 1. The molecule has 0 atom stereocenters. The number of benzene rings is 1. The van der Waals surface area contributed by atoms with Crippen molar-refractivity contribution in [2.75, 3.05) is 32.7 Å². The average molecular weight is 364 g/mol. The highest BCUT2D eigenvalue weighted by Crippen LogP contribution is 2.32. The molecule has 7 heteroatoms. The van der Waals surface area contributed by atoms with Gasteiger partial charge >= 0.3 is 0 Å². The van der Waals surface area contributed by atoms with Gasteiger partial charge in [-0.05, 0) is 44.6 Å². The lowest BCUT2D eigenvalue weighted by Gasteiger charge is -2.31. The van der Waals surface area contributed by atoms with Crippen molar-refractivity contribution in [1.29, 1.82) is 0 Å². The molecule has 0 amide bonds. The molecule has 2 heterocycles. The maximum Gasteiger partial charge on any atom is 0.170 e. The molecule has 4 nitrogen and oxygen atoms in total.